The Kier molecular flexibility index (Phi) is 7.07. The molecule has 3 aromatic carbocycles. The number of benzene rings is 3. The van der Waals surface area contributed by atoms with Crippen LogP contribution in [0.4, 0.5) is 8.78 Å². The van der Waals surface area contributed by atoms with Crippen molar-refractivity contribution in [3.63, 3.8) is 0 Å². The van der Waals surface area contributed by atoms with Crippen LogP contribution in [0, 0.1) is 17.6 Å². The molecule has 0 aliphatic heterocycles. The molecule has 0 saturated heterocycles. The van der Waals surface area contributed by atoms with E-state index in [-0.39, 0.29) is 5.56 Å². The summed E-state index contributed by atoms with van der Waals surface area (Å²) < 4.78 is 29.4. The number of aryl methyl sites for hydroxylation is 2. The van der Waals surface area contributed by atoms with Gasteiger partial charge in [0, 0.05) is 5.02 Å². The quantitative estimate of drug-likeness (QED) is 0.360. The minimum absolute atomic E-state index is 0.0232. The van der Waals surface area contributed by atoms with Gasteiger partial charge in [0.05, 0.1) is 5.56 Å². The monoisotopic (exact) mass is 438 g/mol. The van der Waals surface area contributed by atoms with Crippen LogP contribution in [0.3, 0.4) is 0 Å². The second-order valence-corrected chi connectivity index (χ2v) is 9.23. The highest BCUT2D eigenvalue weighted by molar-refractivity contribution is 6.30. The fourth-order valence-corrected chi connectivity index (χ4v) is 4.97. The largest absolute Gasteiger partial charge is 0.206 e. The van der Waals surface area contributed by atoms with E-state index in [9.17, 15) is 8.78 Å². The Labute approximate surface area is 189 Å². The van der Waals surface area contributed by atoms with Crippen LogP contribution in [0.2, 0.25) is 5.02 Å². The van der Waals surface area contributed by atoms with Crippen LogP contribution in [-0.2, 0) is 12.8 Å². The average Bonchev–Trinajstić information content (AvgIpc) is 2.79. The number of rotatable bonds is 6. The second kappa shape index (κ2) is 9.96. The minimum atomic E-state index is -0.503. The normalized spacial score (nSPS) is 18.8. The maximum absolute atomic E-state index is 14.7. The minimum Gasteiger partial charge on any atom is -0.206 e. The summed E-state index contributed by atoms with van der Waals surface area (Å²) in [7, 11) is 0. The molecule has 0 heterocycles. The summed E-state index contributed by atoms with van der Waals surface area (Å²) >= 11 is 5.89. The van der Waals surface area contributed by atoms with Gasteiger partial charge in [-0.15, -0.1) is 0 Å². The molecule has 1 fully saturated rings. The highest BCUT2D eigenvalue weighted by Crippen LogP contribution is 2.38. The summed E-state index contributed by atoms with van der Waals surface area (Å²) in [5.41, 5.74) is 4.12. The molecule has 0 spiro atoms. The van der Waals surface area contributed by atoms with Gasteiger partial charge in [0.25, 0.3) is 0 Å². The summed E-state index contributed by atoms with van der Waals surface area (Å²) in [4.78, 5) is 0. The van der Waals surface area contributed by atoms with E-state index in [4.69, 9.17) is 11.6 Å². The van der Waals surface area contributed by atoms with Gasteiger partial charge in [0.1, 0.15) is 11.6 Å². The summed E-state index contributed by atoms with van der Waals surface area (Å²) in [5, 5.41) is 0.550. The fraction of sp³-hybridized carbons (Fsp3) is 0.357. The van der Waals surface area contributed by atoms with Gasteiger partial charge in [-0.25, -0.2) is 8.78 Å². The van der Waals surface area contributed by atoms with Crippen LogP contribution < -0.4 is 0 Å². The van der Waals surface area contributed by atoms with Crippen molar-refractivity contribution < 1.29 is 8.78 Å². The molecule has 0 bridgehead atoms. The molecule has 1 aliphatic carbocycles. The Morgan fingerprint density at radius 1 is 0.806 bits per heavy atom. The van der Waals surface area contributed by atoms with E-state index < -0.39 is 11.6 Å². The van der Waals surface area contributed by atoms with Crippen LogP contribution >= 0.6 is 11.6 Å². The van der Waals surface area contributed by atoms with Crippen molar-refractivity contribution in [1.82, 2.24) is 0 Å². The van der Waals surface area contributed by atoms with E-state index in [1.54, 1.807) is 24.3 Å². The third kappa shape index (κ3) is 5.36. The zero-order valence-electron chi connectivity index (χ0n) is 18.0. The van der Waals surface area contributed by atoms with Gasteiger partial charge in [-0.2, -0.15) is 0 Å². The first-order chi connectivity index (χ1) is 15.0. The predicted octanol–water partition coefficient (Wildman–Crippen LogP) is 8.75. The molecule has 1 aliphatic rings. The molecule has 3 aromatic rings. The molecule has 0 aromatic heterocycles. The zero-order chi connectivity index (χ0) is 21.8. The van der Waals surface area contributed by atoms with Crippen molar-refractivity contribution in [3.05, 3.63) is 94.0 Å². The zero-order valence-corrected chi connectivity index (χ0v) is 18.8. The lowest BCUT2D eigenvalue weighted by Crippen LogP contribution is -2.14. The molecule has 0 atom stereocenters. The topological polar surface area (TPSA) is 0 Å². The molecule has 31 heavy (non-hydrogen) atoms. The highest BCUT2D eigenvalue weighted by Gasteiger charge is 2.22. The molecular weight excluding hydrogens is 410 g/mol. The van der Waals surface area contributed by atoms with Crippen molar-refractivity contribution in [1.29, 1.82) is 0 Å². The maximum atomic E-state index is 14.7. The van der Waals surface area contributed by atoms with Crippen LogP contribution in [0.25, 0.3) is 11.1 Å². The van der Waals surface area contributed by atoms with Gasteiger partial charge in [0.2, 0.25) is 0 Å². The van der Waals surface area contributed by atoms with Crippen LogP contribution in [0.15, 0.2) is 60.7 Å². The van der Waals surface area contributed by atoms with Gasteiger partial charge in [0.15, 0.2) is 0 Å². The molecule has 162 valence electrons. The Morgan fingerprint density at radius 3 is 2.00 bits per heavy atom. The molecule has 0 N–H and O–H groups in total. The molecule has 1 saturated carbocycles. The molecule has 0 unspecified atom stereocenters. The Balaban J connectivity index is 1.34. The molecular formula is C28H29ClF2. The number of hydrogen-bond donors (Lipinski definition) is 0. The highest BCUT2D eigenvalue weighted by atomic mass is 35.5. The maximum Gasteiger partial charge on any atom is 0.134 e. The summed E-state index contributed by atoms with van der Waals surface area (Å²) in [6, 6.07) is 18.7. The first kappa shape index (κ1) is 22.0. The third-order valence-electron chi connectivity index (χ3n) is 6.78. The molecule has 4 rings (SSSR count). The van der Waals surface area contributed by atoms with Crippen LogP contribution in [0.5, 0.6) is 0 Å². The molecule has 0 amide bonds. The lowest BCUT2D eigenvalue weighted by Gasteiger charge is -2.29. The van der Waals surface area contributed by atoms with Crippen molar-refractivity contribution in [2.45, 2.75) is 57.8 Å². The smallest absolute Gasteiger partial charge is 0.134 e. The molecule has 0 radical (unpaired) electrons. The standard InChI is InChI=1S/C28H29ClF2/c1-2-19-5-9-22(10-6-19)23-11-7-20(8-12-23)3-4-21-17-26(30)28(27(31)18-21)24-13-15-25(29)16-14-24/h5-6,9-10,13-18,20,23H,2-4,7-8,11-12H2,1H3. The first-order valence-electron chi connectivity index (χ1n) is 11.4. The van der Waals surface area contributed by atoms with Gasteiger partial charge < -0.3 is 0 Å². The van der Waals surface area contributed by atoms with E-state index in [1.165, 1.54) is 48.9 Å². The SMILES string of the molecule is CCc1ccc(C2CCC(CCc3cc(F)c(-c4ccc(Cl)cc4)c(F)c3)CC2)cc1. The number of hydrogen-bond acceptors (Lipinski definition) is 0. The van der Waals surface area contributed by atoms with Crippen LogP contribution in [-0.4, -0.2) is 0 Å². The van der Waals surface area contributed by atoms with Gasteiger partial charge in [-0.3, -0.25) is 0 Å². The predicted molar refractivity (Wildman–Crippen MR) is 126 cm³/mol. The summed E-state index contributed by atoms with van der Waals surface area (Å²) in [6.07, 6.45) is 7.57. The third-order valence-corrected chi connectivity index (χ3v) is 7.03. The van der Waals surface area contributed by atoms with Crippen molar-refractivity contribution >= 4 is 11.6 Å². The van der Waals surface area contributed by atoms with Crippen molar-refractivity contribution in [2.24, 2.45) is 5.92 Å². The van der Waals surface area contributed by atoms with E-state index >= 15 is 0 Å². The Bertz CT molecular complexity index is 977. The first-order valence-corrected chi connectivity index (χ1v) is 11.7. The van der Waals surface area contributed by atoms with Crippen molar-refractivity contribution in [3.8, 4) is 11.1 Å². The summed E-state index contributed by atoms with van der Waals surface area (Å²) in [5.74, 6) is 0.275. The van der Waals surface area contributed by atoms with Gasteiger partial charge in [-0.05, 0) is 103 Å². The van der Waals surface area contributed by atoms with E-state index in [1.807, 2.05) is 0 Å². The number of halogens is 3. The van der Waals surface area contributed by atoms with Gasteiger partial charge in [-0.1, -0.05) is 54.9 Å². The van der Waals surface area contributed by atoms with Crippen molar-refractivity contribution in [2.75, 3.05) is 0 Å². The lowest BCUT2D eigenvalue weighted by molar-refractivity contribution is 0.310. The second-order valence-electron chi connectivity index (χ2n) is 8.79. The summed E-state index contributed by atoms with van der Waals surface area (Å²) in [6.45, 7) is 2.18. The van der Waals surface area contributed by atoms with Crippen LogP contribution in [0.1, 0.15) is 61.6 Å². The molecule has 3 heteroatoms. The Morgan fingerprint density at radius 2 is 1.42 bits per heavy atom. The van der Waals surface area contributed by atoms with E-state index in [2.05, 4.69) is 31.2 Å². The lowest BCUT2D eigenvalue weighted by atomic mass is 9.77. The molecule has 0 nitrogen and oxygen atoms in total. The fourth-order valence-electron chi connectivity index (χ4n) is 4.84. The Hall–Kier alpha value is -2.19. The van der Waals surface area contributed by atoms with Gasteiger partial charge >= 0.3 is 0 Å². The average molecular weight is 439 g/mol. The van der Waals surface area contributed by atoms with E-state index in [0.29, 0.717) is 22.4 Å². The van der Waals surface area contributed by atoms with E-state index in [0.717, 1.165) is 24.8 Å².